The first-order valence-corrected chi connectivity index (χ1v) is 9.06. The number of thioether (sulfide) groups is 1. The lowest BCUT2D eigenvalue weighted by Crippen LogP contribution is -2.42. The van der Waals surface area contributed by atoms with E-state index >= 15 is 0 Å². The molecular formula is C19H16ClN2S+. The molecule has 1 aliphatic heterocycles. The van der Waals surface area contributed by atoms with Crippen molar-refractivity contribution < 1.29 is 4.57 Å². The summed E-state index contributed by atoms with van der Waals surface area (Å²) in [6.07, 6.45) is 3.17. The summed E-state index contributed by atoms with van der Waals surface area (Å²) >= 11 is 7.91. The molecule has 1 aliphatic rings. The van der Waals surface area contributed by atoms with Gasteiger partial charge >= 0.3 is 5.16 Å². The van der Waals surface area contributed by atoms with Gasteiger partial charge in [-0.05, 0) is 53.0 Å². The van der Waals surface area contributed by atoms with E-state index in [9.17, 15) is 0 Å². The normalized spacial score (nSPS) is 13.6. The minimum atomic E-state index is 0.761. The molecule has 4 heteroatoms. The molecule has 0 unspecified atom stereocenters. The second-order valence-electron chi connectivity index (χ2n) is 5.53. The van der Waals surface area contributed by atoms with E-state index in [0.717, 1.165) is 22.5 Å². The van der Waals surface area contributed by atoms with Crippen molar-refractivity contribution in [3.63, 3.8) is 0 Å². The fourth-order valence-electron chi connectivity index (χ4n) is 2.95. The number of aromatic nitrogens is 2. The first kappa shape index (κ1) is 14.7. The predicted octanol–water partition coefficient (Wildman–Crippen LogP) is 4.85. The van der Waals surface area contributed by atoms with Gasteiger partial charge in [-0.2, -0.15) is 0 Å². The van der Waals surface area contributed by atoms with E-state index < -0.39 is 0 Å². The Bertz CT molecular complexity index is 832. The molecule has 23 heavy (non-hydrogen) atoms. The van der Waals surface area contributed by atoms with E-state index in [1.54, 1.807) is 0 Å². The lowest BCUT2D eigenvalue weighted by Gasteiger charge is -2.16. The maximum Gasteiger partial charge on any atom is 0.359 e. The molecule has 2 aromatic carbocycles. The molecule has 0 aliphatic carbocycles. The van der Waals surface area contributed by atoms with Gasteiger partial charge in [0.25, 0.3) is 0 Å². The average Bonchev–Trinajstić information content (AvgIpc) is 2.62. The van der Waals surface area contributed by atoms with Gasteiger partial charge in [-0.1, -0.05) is 41.9 Å². The lowest BCUT2D eigenvalue weighted by molar-refractivity contribution is -0.727. The quantitative estimate of drug-likeness (QED) is 0.490. The third-order valence-electron chi connectivity index (χ3n) is 4.02. The van der Waals surface area contributed by atoms with Gasteiger partial charge in [0.2, 0.25) is 0 Å². The van der Waals surface area contributed by atoms with Crippen LogP contribution < -0.4 is 4.57 Å². The second kappa shape index (κ2) is 6.34. The smallest absolute Gasteiger partial charge is 0.217 e. The summed E-state index contributed by atoms with van der Waals surface area (Å²) < 4.78 is 2.35. The van der Waals surface area contributed by atoms with Crippen LogP contribution in [0.3, 0.4) is 0 Å². The highest BCUT2D eigenvalue weighted by Gasteiger charge is 2.26. The summed E-state index contributed by atoms with van der Waals surface area (Å²) in [5, 5.41) is 1.86. The zero-order chi connectivity index (χ0) is 15.6. The standard InChI is InChI=1S/C19H16ClN2S/c20-16-9-7-15(8-10-16)18-17(14-5-2-1-3-6-14)13-21-19-22(18)11-4-12-23-19/h1-3,5-10,13H,4,11-12H2/q+1. The fourth-order valence-corrected chi connectivity index (χ4v) is 4.00. The molecule has 0 atom stereocenters. The van der Waals surface area contributed by atoms with Crippen LogP contribution in [0.4, 0.5) is 0 Å². The second-order valence-corrected chi connectivity index (χ2v) is 7.03. The maximum absolute atomic E-state index is 6.08. The van der Waals surface area contributed by atoms with Crippen LogP contribution in [0.25, 0.3) is 22.4 Å². The Labute approximate surface area is 145 Å². The van der Waals surface area contributed by atoms with Gasteiger partial charge in [-0.25, -0.2) is 4.57 Å². The van der Waals surface area contributed by atoms with Crippen LogP contribution in [0.15, 0.2) is 66.0 Å². The van der Waals surface area contributed by atoms with E-state index in [2.05, 4.69) is 41.0 Å². The number of rotatable bonds is 2. The predicted molar refractivity (Wildman–Crippen MR) is 95.7 cm³/mol. The van der Waals surface area contributed by atoms with Gasteiger partial charge in [0.1, 0.15) is 5.69 Å². The molecule has 0 saturated carbocycles. The molecule has 114 valence electrons. The number of hydrogen-bond acceptors (Lipinski definition) is 2. The van der Waals surface area contributed by atoms with Crippen LogP contribution in [-0.2, 0) is 6.54 Å². The van der Waals surface area contributed by atoms with E-state index in [1.807, 2.05) is 36.2 Å². The van der Waals surface area contributed by atoms with Crippen LogP contribution in [-0.4, -0.2) is 10.7 Å². The molecule has 2 nitrogen and oxygen atoms in total. The highest BCUT2D eigenvalue weighted by atomic mass is 35.5. The summed E-state index contributed by atoms with van der Waals surface area (Å²) in [5.41, 5.74) is 4.76. The summed E-state index contributed by atoms with van der Waals surface area (Å²) in [7, 11) is 0. The van der Waals surface area contributed by atoms with Crippen molar-refractivity contribution >= 4 is 23.4 Å². The molecule has 2 heterocycles. The monoisotopic (exact) mass is 339 g/mol. The van der Waals surface area contributed by atoms with Gasteiger partial charge in [0.15, 0.2) is 6.20 Å². The molecule has 0 spiro atoms. The molecule has 0 fully saturated rings. The summed E-state index contributed by atoms with van der Waals surface area (Å²) in [4.78, 5) is 4.70. The van der Waals surface area contributed by atoms with Crippen LogP contribution in [0, 0.1) is 0 Å². The summed E-state index contributed by atoms with van der Waals surface area (Å²) in [6.45, 7) is 1.01. The Morgan fingerprint density at radius 2 is 1.74 bits per heavy atom. The van der Waals surface area contributed by atoms with Crippen molar-refractivity contribution in [1.29, 1.82) is 0 Å². The maximum atomic E-state index is 6.08. The Morgan fingerprint density at radius 3 is 2.52 bits per heavy atom. The number of benzene rings is 2. The topological polar surface area (TPSA) is 16.8 Å². The molecule has 4 rings (SSSR count). The molecule has 0 bridgehead atoms. The highest BCUT2D eigenvalue weighted by molar-refractivity contribution is 7.99. The third kappa shape index (κ3) is 2.87. The average molecular weight is 340 g/mol. The number of fused-ring (bicyclic) bond motifs is 1. The molecule has 0 N–H and O–H groups in total. The van der Waals surface area contributed by atoms with Crippen molar-refractivity contribution in [2.24, 2.45) is 0 Å². The van der Waals surface area contributed by atoms with Crippen molar-refractivity contribution in [1.82, 2.24) is 4.98 Å². The van der Waals surface area contributed by atoms with E-state index in [1.165, 1.54) is 28.8 Å². The zero-order valence-corrected chi connectivity index (χ0v) is 14.1. The largest absolute Gasteiger partial charge is 0.359 e. The highest BCUT2D eigenvalue weighted by Crippen LogP contribution is 2.32. The van der Waals surface area contributed by atoms with E-state index in [0.29, 0.717) is 0 Å². The Balaban J connectivity index is 1.98. The number of hydrogen-bond donors (Lipinski definition) is 0. The van der Waals surface area contributed by atoms with Crippen molar-refractivity contribution in [2.45, 2.75) is 18.1 Å². The van der Waals surface area contributed by atoms with E-state index in [-0.39, 0.29) is 0 Å². The Hall–Kier alpha value is -1.84. The molecule has 0 saturated heterocycles. The van der Waals surface area contributed by atoms with Gasteiger partial charge in [-0.15, -0.1) is 0 Å². The van der Waals surface area contributed by atoms with Crippen molar-refractivity contribution in [3.05, 3.63) is 65.8 Å². The van der Waals surface area contributed by atoms with Crippen LogP contribution >= 0.6 is 23.4 Å². The molecular weight excluding hydrogens is 324 g/mol. The number of nitrogens with zero attached hydrogens (tertiary/aromatic N) is 2. The summed E-state index contributed by atoms with van der Waals surface area (Å²) in [5.74, 6) is 1.14. The molecule has 1 aromatic heterocycles. The molecule has 0 amide bonds. The minimum Gasteiger partial charge on any atom is -0.217 e. The number of halogens is 1. The van der Waals surface area contributed by atoms with Crippen LogP contribution in [0.1, 0.15) is 6.42 Å². The zero-order valence-electron chi connectivity index (χ0n) is 12.6. The van der Waals surface area contributed by atoms with Gasteiger partial charge in [-0.3, -0.25) is 0 Å². The van der Waals surface area contributed by atoms with Crippen molar-refractivity contribution in [3.8, 4) is 22.4 Å². The van der Waals surface area contributed by atoms with Gasteiger partial charge in [0.05, 0.1) is 12.1 Å². The SMILES string of the molecule is Clc1ccc(-c2c(-c3ccccc3)cnc3[n+]2CCCS3)cc1. The van der Waals surface area contributed by atoms with E-state index in [4.69, 9.17) is 16.6 Å². The first-order chi connectivity index (χ1) is 11.3. The lowest BCUT2D eigenvalue weighted by atomic mass is 10.0. The minimum absolute atomic E-state index is 0.761. The molecule has 0 radical (unpaired) electrons. The van der Waals surface area contributed by atoms with Crippen LogP contribution in [0.2, 0.25) is 5.02 Å². The van der Waals surface area contributed by atoms with Gasteiger partial charge in [0, 0.05) is 16.3 Å². The van der Waals surface area contributed by atoms with Crippen LogP contribution in [0.5, 0.6) is 0 Å². The Kier molecular flexibility index (Phi) is 4.06. The van der Waals surface area contributed by atoms with Crippen molar-refractivity contribution in [2.75, 3.05) is 5.75 Å². The van der Waals surface area contributed by atoms with Gasteiger partial charge < -0.3 is 0 Å². The summed E-state index contributed by atoms with van der Waals surface area (Å²) in [6, 6.07) is 18.6. The first-order valence-electron chi connectivity index (χ1n) is 7.70. The molecule has 3 aromatic rings. The third-order valence-corrected chi connectivity index (χ3v) is 5.35. The fraction of sp³-hybridized carbons (Fsp3) is 0.158. The Morgan fingerprint density at radius 1 is 0.957 bits per heavy atom.